The van der Waals surface area contributed by atoms with Crippen LogP contribution in [0.5, 0.6) is 0 Å². The molecule has 1 atom stereocenters. The third-order valence-electron chi connectivity index (χ3n) is 4.59. The molecule has 6 heteroatoms. The summed E-state index contributed by atoms with van der Waals surface area (Å²) < 4.78 is 3.29. The number of benzene rings is 1. The first-order valence-corrected chi connectivity index (χ1v) is 9.59. The summed E-state index contributed by atoms with van der Waals surface area (Å²) in [6.07, 6.45) is 5.36. The summed E-state index contributed by atoms with van der Waals surface area (Å²) in [6.45, 7) is 4.97. The Balaban J connectivity index is 1.39. The van der Waals surface area contributed by atoms with Crippen molar-refractivity contribution in [3.8, 4) is 0 Å². The third kappa shape index (κ3) is 5.26. The van der Waals surface area contributed by atoms with Crippen LogP contribution in [-0.2, 0) is 6.54 Å². The van der Waals surface area contributed by atoms with Gasteiger partial charge in [-0.15, -0.1) is 0 Å². The Morgan fingerprint density at radius 3 is 2.68 bits per heavy atom. The molecule has 0 amide bonds. The van der Waals surface area contributed by atoms with E-state index in [0.29, 0.717) is 5.92 Å². The van der Waals surface area contributed by atoms with Gasteiger partial charge in [0.2, 0.25) is 0 Å². The Kier molecular flexibility index (Phi) is 6.39. The number of rotatable bonds is 6. The third-order valence-corrected chi connectivity index (χ3v) is 5.12. The minimum absolute atomic E-state index is 0.645. The van der Waals surface area contributed by atoms with Gasteiger partial charge in [-0.3, -0.25) is 4.99 Å². The first-order valence-electron chi connectivity index (χ1n) is 8.80. The second-order valence-electron chi connectivity index (χ2n) is 6.38. The summed E-state index contributed by atoms with van der Waals surface area (Å²) >= 11 is 3.50. The maximum absolute atomic E-state index is 4.32. The van der Waals surface area contributed by atoms with Crippen LogP contribution >= 0.6 is 15.9 Å². The van der Waals surface area contributed by atoms with Crippen molar-refractivity contribution in [2.45, 2.75) is 13.0 Å². The average molecular weight is 404 g/mol. The fraction of sp³-hybridized carbons (Fsp3) is 0.421. The normalized spacial score (nSPS) is 17.8. The first kappa shape index (κ1) is 17.9. The van der Waals surface area contributed by atoms with Gasteiger partial charge in [-0.05, 0) is 48.7 Å². The van der Waals surface area contributed by atoms with Gasteiger partial charge < -0.3 is 20.1 Å². The van der Waals surface area contributed by atoms with Crippen molar-refractivity contribution in [2.75, 3.05) is 38.1 Å². The minimum Gasteiger partial charge on any atom is -0.371 e. The van der Waals surface area contributed by atoms with Crippen LogP contribution < -0.4 is 15.5 Å². The number of hydrogen-bond acceptors (Lipinski definition) is 2. The summed E-state index contributed by atoms with van der Waals surface area (Å²) in [5, 5.41) is 6.85. The fourth-order valence-corrected chi connectivity index (χ4v) is 3.43. The molecule has 1 saturated heterocycles. The van der Waals surface area contributed by atoms with Gasteiger partial charge in [0.1, 0.15) is 0 Å². The number of hydrogen-bond donors (Lipinski definition) is 2. The highest BCUT2D eigenvalue weighted by atomic mass is 79.9. The number of halogens is 1. The molecule has 0 saturated carbocycles. The highest BCUT2D eigenvalue weighted by molar-refractivity contribution is 9.10. The van der Waals surface area contributed by atoms with E-state index >= 15 is 0 Å². The molecule has 2 heterocycles. The molecule has 0 bridgehead atoms. The lowest BCUT2D eigenvalue weighted by molar-refractivity contribution is 0.563. The monoisotopic (exact) mass is 403 g/mol. The van der Waals surface area contributed by atoms with Crippen molar-refractivity contribution in [1.29, 1.82) is 0 Å². The van der Waals surface area contributed by atoms with Gasteiger partial charge in [0.05, 0.1) is 0 Å². The summed E-state index contributed by atoms with van der Waals surface area (Å²) in [5.41, 5.74) is 1.31. The molecule has 2 N–H and O–H groups in total. The second-order valence-corrected chi connectivity index (χ2v) is 7.29. The summed E-state index contributed by atoms with van der Waals surface area (Å²) in [7, 11) is 1.83. The smallest absolute Gasteiger partial charge is 0.191 e. The molecule has 1 aliphatic rings. The van der Waals surface area contributed by atoms with Crippen LogP contribution in [0.2, 0.25) is 0 Å². The Hall–Kier alpha value is -1.95. The quantitative estimate of drug-likeness (QED) is 0.575. The van der Waals surface area contributed by atoms with E-state index in [-0.39, 0.29) is 0 Å². The molecule has 2 aromatic rings. The number of guanidine groups is 1. The molecule has 1 aromatic heterocycles. The van der Waals surface area contributed by atoms with Gasteiger partial charge in [-0.25, -0.2) is 0 Å². The van der Waals surface area contributed by atoms with Gasteiger partial charge >= 0.3 is 0 Å². The van der Waals surface area contributed by atoms with Crippen molar-refractivity contribution in [1.82, 2.24) is 15.2 Å². The van der Waals surface area contributed by atoms with Crippen molar-refractivity contribution in [3.05, 3.63) is 53.3 Å². The van der Waals surface area contributed by atoms with Crippen LogP contribution in [0.25, 0.3) is 0 Å². The predicted octanol–water partition coefficient (Wildman–Crippen LogP) is 2.94. The van der Waals surface area contributed by atoms with Crippen LogP contribution in [0.3, 0.4) is 0 Å². The highest BCUT2D eigenvalue weighted by Gasteiger charge is 2.22. The molecule has 3 rings (SSSR count). The van der Waals surface area contributed by atoms with Crippen molar-refractivity contribution < 1.29 is 0 Å². The van der Waals surface area contributed by atoms with Gasteiger partial charge in [0, 0.05) is 62.3 Å². The highest BCUT2D eigenvalue weighted by Crippen LogP contribution is 2.24. The van der Waals surface area contributed by atoms with Crippen molar-refractivity contribution >= 4 is 27.6 Å². The number of aromatic nitrogens is 1. The fourth-order valence-electron chi connectivity index (χ4n) is 3.17. The average Bonchev–Trinajstić information content (AvgIpc) is 3.30. The SMILES string of the molecule is CN=C(NCCn1cccc1)NCC1CCN(c2ccc(Br)cc2)C1. The van der Waals surface area contributed by atoms with E-state index in [1.165, 1.54) is 12.1 Å². The van der Waals surface area contributed by atoms with Crippen LogP contribution in [0.4, 0.5) is 5.69 Å². The molecule has 1 aliphatic heterocycles. The lowest BCUT2D eigenvalue weighted by atomic mass is 10.1. The Labute approximate surface area is 158 Å². The Bertz CT molecular complexity index is 666. The Morgan fingerprint density at radius 2 is 1.96 bits per heavy atom. The number of anilines is 1. The number of nitrogens with one attached hydrogen (secondary N) is 2. The van der Waals surface area contributed by atoms with Gasteiger partial charge in [0.15, 0.2) is 5.96 Å². The molecule has 1 unspecified atom stereocenters. The molecule has 25 heavy (non-hydrogen) atoms. The first-order chi connectivity index (χ1) is 12.2. The molecule has 134 valence electrons. The predicted molar refractivity (Wildman–Crippen MR) is 108 cm³/mol. The topological polar surface area (TPSA) is 44.6 Å². The standard InChI is InChI=1S/C19H26BrN5/c1-21-19(22-9-13-24-10-2-3-11-24)23-14-16-8-12-25(15-16)18-6-4-17(20)5-7-18/h2-7,10-11,16H,8-9,12-15H2,1H3,(H2,21,22,23). The van der Waals surface area contributed by atoms with E-state index in [2.05, 4.69) is 77.7 Å². The maximum atomic E-state index is 4.32. The summed E-state index contributed by atoms with van der Waals surface area (Å²) in [6, 6.07) is 12.7. The van der Waals surface area contributed by atoms with Crippen molar-refractivity contribution in [3.63, 3.8) is 0 Å². The van der Waals surface area contributed by atoms with Crippen molar-refractivity contribution in [2.24, 2.45) is 10.9 Å². The molecule has 0 aliphatic carbocycles. The van der Waals surface area contributed by atoms with Crippen LogP contribution in [-0.4, -0.2) is 43.8 Å². The zero-order valence-electron chi connectivity index (χ0n) is 14.7. The summed E-state index contributed by atoms with van der Waals surface area (Å²) in [4.78, 5) is 6.78. The zero-order valence-corrected chi connectivity index (χ0v) is 16.2. The van der Waals surface area contributed by atoms with Crippen LogP contribution in [0.1, 0.15) is 6.42 Å². The molecule has 5 nitrogen and oxygen atoms in total. The van der Waals surface area contributed by atoms with E-state index in [9.17, 15) is 0 Å². The van der Waals surface area contributed by atoms with E-state index in [0.717, 1.165) is 43.2 Å². The van der Waals surface area contributed by atoms with E-state index < -0.39 is 0 Å². The van der Waals surface area contributed by atoms with Crippen LogP contribution in [0.15, 0.2) is 58.3 Å². The molecule has 1 aromatic carbocycles. The molecular weight excluding hydrogens is 378 g/mol. The molecule has 0 radical (unpaired) electrons. The largest absolute Gasteiger partial charge is 0.371 e. The lowest BCUT2D eigenvalue weighted by Gasteiger charge is -2.19. The number of aliphatic imine (C=N–C) groups is 1. The Morgan fingerprint density at radius 1 is 1.20 bits per heavy atom. The van der Waals surface area contributed by atoms with Gasteiger partial charge in [-0.1, -0.05) is 15.9 Å². The van der Waals surface area contributed by atoms with E-state index in [1.807, 2.05) is 19.2 Å². The molecule has 0 spiro atoms. The van der Waals surface area contributed by atoms with E-state index in [1.54, 1.807) is 0 Å². The van der Waals surface area contributed by atoms with Gasteiger partial charge in [-0.2, -0.15) is 0 Å². The van der Waals surface area contributed by atoms with E-state index in [4.69, 9.17) is 0 Å². The van der Waals surface area contributed by atoms with Crippen LogP contribution in [0, 0.1) is 5.92 Å². The second kappa shape index (κ2) is 8.94. The zero-order chi connectivity index (χ0) is 17.5. The molecule has 1 fully saturated rings. The number of nitrogens with zero attached hydrogens (tertiary/aromatic N) is 3. The summed E-state index contributed by atoms with van der Waals surface area (Å²) in [5.74, 6) is 1.53. The molecular formula is C19H26BrN5. The maximum Gasteiger partial charge on any atom is 0.191 e. The van der Waals surface area contributed by atoms with Gasteiger partial charge in [0.25, 0.3) is 0 Å². The minimum atomic E-state index is 0.645. The lowest BCUT2D eigenvalue weighted by Crippen LogP contribution is -2.41.